The summed E-state index contributed by atoms with van der Waals surface area (Å²) < 4.78 is 12.3. The molecular formula is C30H34N4O3. The first-order valence-electron chi connectivity index (χ1n) is 13.1. The van der Waals surface area contributed by atoms with Crippen molar-refractivity contribution in [2.24, 2.45) is 17.4 Å². The quantitative estimate of drug-likeness (QED) is 0.281. The van der Waals surface area contributed by atoms with Crippen molar-refractivity contribution >= 4 is 11.7 Å². The molecule has 1 saturated carbocycles. The van der Waals surface area contributed by atoms with Crippen molar-refractivity contribution in [1.29, 1.82) is 5.41 Å². The van der Waals surface area contributed by atoms with Gasteiger partial charge in [0, 0.05) is 36.3 Å². The highest BCUT2D eigenvalue weighted by molar-refractivity contribution is 5.96. The summed E-state index contributed by atoms with van der Waals surface area (Å²) in [7, 11) is 0. The lowest BCUT2D eigenvalue weighted by molar-refractivity contribution is 0.0390. The fourth-order valence-electron chi connectivity index (χ4n) is 5.52. The standard InChI is InChI=1S/C30H34N4O3/c31-19-20-7-11-24(12-8-20)36-26-16-23(30(35)34-15-3-5-21-4-1-2-6-28(21)34)17-27(18-26)37-25-13-9-22(10-14-25)29(32)33/h7-14,16-18,21,28H,1-6,15,19,31H2,(H3,32,33). The maximum Gasteiger partial charge on any atom is 0.254 e. The number of benzene rings is 3. The molecule has 1 amide bonds. The van der Waals surface area contributed by atoms with Crippen molar-refractivity contribution in [1.82, 2.24) is 4.90 Å². The summed E-state index contributed by atoms with van der Waals surface area (Å²) in [6.07, 6.45) is 6.98. The molecule has 2 atom stereocenters. The van der Waals surface area contributed by atoms with Gasteiger partial charge in [-0.25, -0.2) is 0 Å². The monoisotopic (exact) mass is 498 g/mol. The summed E-state index contributed by atoms with van der Waals surface area (Å²) in [6, 6.07) is 20.3. The van der Waals surface area contributed by atoms with Gasteiger partial charge in [0.25, 0.3) is 5.91 Å². The molecule has 1 aliphatic heterocycles. The molecule has 2 aliphatic rings. The van der Waals surface area contributed by atoms with Crippen LogP contribution in [0.25, 0.3) is 0 Å². The number of hydrogen-bond donors (Lipinski definition) is 3. The Labute approximate surface area is 217 Å². The van der Waals surface area contributed by atoms with E-state index in [1.165, 1.54) is 25.7 Å². The summed E-state index contributed by atoms with van der Waals surface area (Å²) in [6.45, 7) is 1.25. The Hall–Kier alpha value is -3.84. The first-order valence-corrected chi connectivity index (χ1v) is 13.1. The highest BCUT2D eigenvalue weighted by atomic mass is 16.5. The van der Waals surface area contributed by atoms with Gasteiger partial charge in [0.05, 0.1) is 0 Å². The van der Waals surface area contributed by atoms with Crippen molar-refractivity contribution in [3.05, 3.63) is 83.4 Å². The molecule has 7 heteroatoms. The topological polar surface area (TPSA) is 115 Å². The second-order valence-corrected chi connectivity index (χ2v) is 9.94. The molecule has 1 saturated heterocycles. The van der Waals surface area contributed by atoms with Gasteiger partial charge in [0.2, 0.25) is 0 Å². The predicted molar refractivity (Wildman–Crippen MR) is 144 cm³/mol. The van der Waals surface area contributed by atoms with Crippen LogP contribution in [0.5, 0.6) is 23.0 Å². The van der Waals surface area contributed by atoms with Crippen molar-refractivity contribution in [2.45, 2.75) is 51.1 Å². The zero-order valence-electron chi connectivity index (χ0n) is 21.0. The smallest absolute Gasteiger partial charge is 0.254 e. The number of fused-ring (bicyclic) bond motifs is 1. The molecule has 2 fully saturated rings. The van der Waals surface area contributed by atoms with Gasteiger partial charge >= 0.3 is 0 Å². The van der Waals surface area contributed by atoms with Crippen LogP contribution in [-0.2, 0) is 6.54 Å². The van der Waals surface area contributed by atoms with Crippen molar-refractivity contribution in [3.63, 3.8) is 0 Å². The van der Waals surface area contributed by atoms with E-state index >= 15 is 0 Å². The third kappa shape index (κ3) is 5.78. The minimum atomic E-state index is -0.00182. The molecule has 1 aliphatic carbocycles. The molecule has 5 rings (SSSR count). The van der Waals surface area contributed by atoms with E-state index in [1.807, 2.05) is 24.3 Å². The number of hydrogen-bond acceptors (Lipinski definition) is 5. The Kier molecular flexibility index (Phi) is 7.42. The Morgan fingerprint density at radius 1 is 0.811 bits per heavy atom. The number of likely N-dealkylation sites (tertiary alicyclic amines) is 1. The average Bonchev–Trinajstić information content (AvgIpc) is 2.93. The summed E-state index contributed by atoms with van der Waals surface area (Å²) >= 11 is 0. The summed E-state index contributed by atoms with van der Waals surface area (Å²) in [5.74, 6) is 2.89. The summed E-state index contributed by atoms with van der Waals surface area (Å²) in [4.78, 5) is 15.9. The first kappa shape index (κ1) is 24.8. The lowest BCUT2D eigenvalue weighted by Crippen LogP contribution is -2.49. The van der Waals surface area contributed by atoms with Crippen LogP contribution in [0.2, 0.25) is 0 Å². The zero-order chi connectivity index (χ0) is 25.8. The molecule has 0 bridgehead atoms. The normalized spacial score (nSPS) is 19.1. The van der Waals surface area contributed by atoms with E-state index in [0.717, 1.165) is 24.9 Å². The molecule has 3 aromatic carbocycles. The minimum absolute atomic E-state index is 0.00182. The number of nitrogens with one attached hydrogen (secondary N) is 1. The molecule has 0 aromatic heterocycles. The zero-order valence-corrected chi connectivity index (χ0v) is 21.0. The fourth-order valence-corrected chi connectivity index (χ4v) is 5.52. The van der Waals surface area contributed by atoms with Crippen LogP contribution < -0.4 is 20.9 Å². The third-order valence-corrected chi connectivity index (χ3v) is 7.43. The molecule has 2 unspecified atom stereocenters. The molecule has 37 heavy (non-hydrogen) atoms. The third-order valence-electron chi connectivity index (χ3n) is 7.43. The van der Waals surface area contributed by atoms with Crippen molar-refractivity contribution in [2.75, 3.05) is 6.54 Å². The molecule has 0 radical (unpaired) electrons. The van der Waals surface area contributed by atoms with Crippen LogP contribution in [0.1, 0.15) is 60.0 Å². The maximum atomic E-state index is 13.8. The minimum Gasteiger partial charge on any atom is -0.457 e. The number of carbonyl (C=O) groups is 1. The number of nitrogens with zero attached hydrogens (tertiary/aromatic N) is 1. The molecular weight excluding hydrogens is 464 g/mol. The molecule has 1 heterocycles. The van der Waals surface area contributed by atoms with Gasteiger partial charge < -0.3 is 25.8 Å². The van der Waals surface area contributed by atoms with Crippen LogP contribution in [0, 0.1) is 11.3 Å². The van der Waals surface area contributed by atoms with Crippen molar-refractivity contribution < 1.29 is 14.3 Å². The number of amidine groups is 1. The lowest BCUT2D eigenvalue weighted by atomic mass is 9.78. The van der Waals surface area contributed by atoms with E-state index in [0.29, 0.717) is 52.6 Å². The Morgan fingerprint density at radius 2 is 1.41 bits per heavy atom. The van der Waals surface area contributed by atoms with Crippen LogP contribution >= 0.6 is 0 Å². The number of carbonyl (C=O) groups excluding carboxylic acids is 1. The Bertz CT molecular complexity index is 1250. The van der Waals surface area contributed by atoms with E-state index in [9.17, 15) is 4.79 Å². The summed E-state index contributed by atoms with van der Waals surface area (Å²) in [5, 5.41) is 7.60. The molecule has 192 valence electrons. The molecule has 3 aromatic rings. The fraction of sp³-hybridized carbons (Fsp3) is 0.333. The molecule has 0 spiro atoms. The van der Waals surface area contributed by atoms with Gasteiger partial charge in [-0.2, -0.15) is 0 Å². The van der Waals surface area contributed by atoms with Crippen LogP contribution in [0.4, 0.5) is 0 Å². The highest BCUT2D eigenvalue weighted by Gasteiger charge is 2.36. The van der Waals surface area contributed by atoms with E-state index < -0.39 is 0 Å². The summed E-state index contributed by atoms with van der Waals surface area (Å²) in [5.41, 5.74) is 13.5. The Morgan fingerprint density at radius 3 is 2.03 bits per heavy atom. The van der Waals surface area contributed by atoms with Gasteiger partial charge in [-0.3, -0.25) is 10.2 Å². The number of ether oxygens (including phenoxy) is 2. The van der Waals surface area contributed by atoms with E-state index in [-0.39, 0.29) is 11.7 Å². The number of nitrogen functional groups attached to an aromatic ring is 1. The predicted octanol–water partition coefficient (Wildman–Crippen LogP) is 5.81. The first-order chi connectivity index (χ1) is 18.0. The molecule has 7 nitrogen and oxygen atoms in total. The maximum absolute atomic E-state index is 13.8. The van der Waals surface area contributed by atoms with Gasteiger partial charge in [0.15, 0.2) is 0 Å². The van der Waals surface area contributed by atoms with Gasteiger partial charge in [-0.15, -0.1) is 0 Å². The van der Waals surface area contributed by atoms with Gasteiger partial charge in [-0.1, -0.05) is 25.0 Å². The second-order valence-electron chi connectivity index (χ2n) is 9.94. The number of amides is 1. The second kappa shape index (κ2) is 11.0. The number of rotatable bonds is 7. The SMILES string of the molecule is N=C(N)c1ccc(Oc2cc(Oc3ccc(CN)cc3)cc(C(=O)N3CCCC4CCCCC43)c2)cc1. The average molecular weight is 499 g/mol. The van der Waals surface area contributed by atoms with E-state index in [1.54, 1.807) is 42.5 Å². The van der Waals surface area contributed by atoms with Crippen LogP contribution in [0.3, 0.4) is 0 Å². The number of nitrogens with two attached hydrogens (primary N) is 2. The number of piperidine rings is 1. The largest absolute Gasteiger partial charge is 0.457 e. The van der Waals surface area contributed by atoms with Crippen LogP contribution in [-0.4, -0.2) is 29.2 Å². The van der Waals surface area contributed by atoms with Gasteiger partial charge in [0.1, 0.15) is 28.8 Å². The van der Waals surface area contributed by atoms with Crippen LogP contribution in [0.15, 0.2) is 66.7 Å². The Balaban J connectivity index is 1.45. The highest BCUT2D eigenvalue weighted by Crippen LogP contribution is 2.37. The lowest BCUT2D eigenvalue weighted by Gasteiger charge is -2.44. The van der Waals surface area contributed by atoms with E-state index in [2.05, 4.69) is 4.90 Å². The van der Waals surface area contributed by atoms with Crippen molar-refractivity contribution in [3.8, 4) is 23.0 Å². The van der Waals surface area contributed by atoms with Gasteiger partial charge in [-0.05, 0) is 85.7 Å². The van der Waals surface area contributed by atoms with E-state index in [4.69, 9.17) is 26.4 Å². The molecule has 5 N–H and O–H groups in total.